The Morgan fingerprint density at radius 2 is 2.24 bits per heavy atom. The fourth-order valence-corrected chi connectivity index (χ4v) is 3.95. The lowest BCUT2D eigenvalue weighted by atomic mass is 9.83. The van der Waals surface area contributed by atoms with Gasteiger partial charge in [0, 0.05) is 43.4 Å². The molecule has 1 unspecified atom stereocenters. The molecule has 1 aliphatic heterocycles. The van der Waals surface area contributed by atoms with Gasteiger partial charge in [0.25, 0.3) is 6.43 Å². The maximum atomic E-state index is 12.8. The van der Waals surface area contributed by atoms with Crippen LogP contribution in [0.25, 0.3) is 11.3 Å². The number of aliphatic hydroxyl groups excluding tert-OH is 1. The summed E-state index contributed by atoms with van der Waals surface area (Å²) in [6, 6.07) is 7.59. The number of anilines is 3. The molecule has 1 aromatic carbocycles. The molecular weight excluding hydrogens is 444 g/mol. The second-order valence-electron chi connectivity index (χ2n) is 8.37. The number of hydrogen-bond donors (Lipinski definition) is 3. The van der Waals surface area contributed by atoms with E-state index in [1.54, 1.807) is 25.4 Å². The van der Waals surface area contributed by atoms with Crippen LogP contribution in [-0.2, 0) is 23.1 Å². The number of nitrogens with one attached hydrogen (secondary N) is 2. The van der Waals surface area contributed by atoms with E-state index in [4.69, 9.17) is 4.74 Å². The van der Waals surface area contributed by atoms with Crippen LogP contribution in [0.5, 0.6) is 0 Å². The predicted octanol–water partition coefficient (Wildman–Crippen LogP) is 3.08. The topological polar surface area (TPSA) is 121 Å². The molecule has 0 radical (unpaired) electrons. The van der Waals surface area contributed by atoms with E-state index in [1.807, 2.05) is 13.0 Å². The molecule has 0 saturated carbocycles. The van der Waals surface area contributed by atoms with Gasteiger partial charge >= 0.3 is 0 Å². The van der Waals surface area contributed by atoms with Crippen molar-refractivity contribution in [1.29, 1.82) is 5.26 Å². The highest BCUT2D eigenvalue weighted by Gasteiger charge is 2.36. The highest BCUT2D eigenvalue weighted by molar-refractivity contribution is 5.76. The van der Waals surface area contributed by atoms with Crippen molar-refractivity contribution in [3.63, 3.8) is 0 Å². The number of ether oxygens (including phenoxy) is 1. The molecule has 3 aromatic rings. The number of methoxy groups -OCH3 is 1. The number of nitriles is 1. The van der Waals surface area contributed by atoms with Gasteiger partial charge in [0.2, 0.25) is 5.95 Å². The summed E-state index contributed by atoms with van der Waals surface area (Å²) in [6.45, 7) is 2.25. The molecule has 34 heavy (non-hydrogen) atoms. The van der Waals surface area contributed by atoms with E-state index in [0.717, 1.165) is 11.3 Å². The second-order valence-corrected chi connectivity index (χ2v) is 8.37. The highest BCUT2D eigenvalue weighted by Crippen LogP contribution is 2.41. The third kappa shape index (κ3) is 4.69. The van der Waals surface area contributed by atoms with Crippen LogP contribution in [0.15, 0.2) is 30.6 Å². The van der Waals surface area contributed by atoms with Gasteiger partial charge in [0.05, 0.1) is 41.5 Å². The maximum Gasteiger partial charge on any atom is 0.257 e. The third-order valence-corrected chi connectivity index (χ3v) is 5.82. The number of rotatable bonds is 9. The van der Waals surface area contributed by atoms with Crippen LogP contribution in [0.1, 0.15) is 23.7 Å². The van der Waals surface area contributed by atoms with Crippen molar-refractivity contribution in [3.8, 4) is 17.3 Å². The Labute approximate surface area is 195 Å². The Morgan fingerprint density at radius 3 is 2.94 bits per heavy atom. The van der Waals surface area contributed by atoms with Crippen LogP contribution in [0.2, 0.25) is 0 Å². The molecule has 4 rings (SSSR count). The lowest BCUT2D eigenvalue weighted by Gasteiger charge is -2.21. The molecule has 2 aromatic heterocycles. The summed E-state index contributed by atoms with van der Waals surface area (Å²) in [7, 11) is 1.55. The monoisotopic (exact) mass is 469 g/mol. The standard InChI is InChI=1S/C23H25F2N7O2/c1-23(13-33)12-28-21-15(9-26)7-14(8-16(21)23)17-3-5-27-22(29-17)30-19-10-32(11-20(24)25)31-18(19)4-6-34-2/h3,5,7-8,10,20,28,33H,4,6,11-13H2,1-2H3,(H,27,29,30). The van der Waals surface area contributed by atoms with Crippen molar-refractivity contribution < 1.29 is 18.6 Å². The Bertz CT molecular complexity index is 1220. The van der Waals surface area contributed by atoms with Crippen molar-refractivity contribution in [2.45, 2.75) is 31.7 Å². The largest absolute Gasteiger partial charge is 0.395 e. The van der Waals surface area contributed by atoms with Gasteiger partial charge < -0.3 is 20.5 Å². The minimum atomic E-state index is -2.53. The SMILES string of the molecule is COCCc1nn(CC(F)F)cc1Nc1nccc(-c2cc(C#N)c3c(c2)C(C)(CO)CN3)n1. The zero-order chi connectivity index (χ0) is 24.3. The number of nitrogens with zero attached hydrogens (tertiary/aromatic N) is 5. The molecule has 1 atom stereocenters. The van der Waals surface area contributed by atoms with E-state index in [9.17, 15) is 19.1 Å². The number of halogens is 2. The molecule has 3 N–H and O–H groups in total. The molecule has 178 valence electrons. The smallest absolute Gasteiger partial charge is 0.257 e. The van der Waals surface area contributed by atoms with Gasteiger partial charge in [-0.1, -0.05) is 6.92 Å². The Balaban J connectivity index is 1.67. The van der Waals surface area contributed by atoms with Crippen LogP contribution in [0.3, 0.4) is 0 Å². The fraction of sp³-hybridized carbons (Fsp3) is 0.391. The zero-order valence-electron chi connectivity index (χ0n) is 18.8. The molecule has 1 aliphatic rings. The average molecular weight is 469 g/mol. The van der Waals surface area contributed by atoms with Gasteiger partial charge in [0.1, 0.15) is 12.6 Å². The van der Waals surface area contributed by atoms with E-state index in [-0.39, 0.29) is 12.6 Å². The van der Waals surface area contributed by atoms with Crippen LogP contribution in [0, 0.1) is 11.3 Å². The summed E-state index contributed by atoms with van der Waals surface area (Å²) < 4.78 is 32.0. The molecule has 0 aliphatic carbocycles. The number of aliphatic hydroxyl groups is 1. The first-order valence-corrected chi connectivity index (χ1v) is 10.7. The average Bonchev–Trinajstić information content (AvgIpc) is 3.37. The molecular formula is C23H25F2N7O2. The normalized spacial score (nSPS) is 16.9. The summed E-state index contributed by atoms with van der Waals surface area (Å²) in [5.41, 5.74) is 3.88. The Kier molecular flexibility index (Phi) is 6.72. The number of benzene rings is 1. The molecule has 11 heteroatoms. The number of fused-ring (bicyclic) bond motifs is 1. The molecule has 0 amide bonds. The first kappa shape index (κ1) is 23.5. The Morgan fingerprint density at radius 1 is 1.41 bits per heavy atom. The molecule has 9 nitrogen and oxygen atoms in total. The van der Waals surface area contributed by atoms with Gasteiger partial charge in [-0.25, -0.2) is 18.7 Å². The summed E-state index contributed by atoms with van der Waals surface area (Å²) in [5, 5.41) is 30.1. The van der Waals surface area contributed by atoms with Crippen molar-refractivity contribution in [2.75, 3.05) is 37.5 Å². The van der Waals surface area contributed by atoms with Crippen molar-refractivity contribution in [2.24, 2.45) is 0 Å². The fourth-order valence-electron chi connectivity index (χ4n) is 3.95. The number of alkyl halides is 2. The predicted molar refractivity (Wildman–Crippen MR) is 122 cm³/mol. The van der Waals surface area contributed by atoms with Crippen LogP contribution >= 0.6 is 0 Å². The van der Waals surface area contributed by atoms with Crippen molar-refractivity contribution in [3.05, 3.63) is 47.4 Å². The quantitative estimate of drug-likeness (QED) is 0.437. The van der Waals surface area contributed by atoms with Gasteiger partial charge in [-0.05, 0) is 23.8 Å². The molecule has 3 heterocycles. The van der Waals surface area contributed by atoms with Crippen LogP contribution in [-0.4, -0.2) is 58.1 Å². The first-order chi connectivity index (χ1) is 16.4. The Hall–Kier alpha value is -3.62. The van der Waals surface area contributed by atoms with E-state index >= 15 is 0 Å². The van der Waals surface area contributed by atoms with Crippen molar-refractivity contribution in [1.82, 2.24) is 19.7 Å². The van der Waals surface area contributed by atoms with E-state index in [1.165, 1.54) is 10.9 Å². The molecule has 0 bridgehead atoms. The van der Waals surface area contributed by atoms with Gasteiger partial charge in [-0.2, -0.15) is 10.4 Å². The van der Waals surface area contributed by atoms with Crippen LogP contribution in [0.4, 0.5) is 26.1 Å². The van der Waals surface area contributed by atoms with E-state index < -0.39 is 18.4 Å². The lowest BCUT2D eigenvalue weighted by Crippen LogP contribution is -2.28. The maximum absolute atomic E-state index is 12.8. The third-order valence-electron chi connectivity index (χ3n) is 5.82. The second kappa shape index (κ2) is 9.70. The lowest BCUT2D eigenvalue weighted by molar-refractivity contribution is 0.121. The summed E-state index contributed by atoms with van der Waals surface area (Å²) in [4.78, 5) is 8.83. The van der Waals surface area contributed by atoms with Gasteiger partial charge in [-0.15, -0.1) is 0 Å². The summed E-state index contributed by atoms with van der Waals surface area (Å²) in [5.74, 6) is 0.259. The van der Waals surface area contributed by atoms with Gasteiger partial charge in [-0.3, -0.25) is 4.68 Å². The van der Waals surface area contributed by atoms with Crippen LogP contribution < -0.4 is 10.6 Å². The highest BCUT2D eigenvalue weighted by atomic mass is 19.3. The molecule has 0 saturated heterocycles. The van der Waals surface area contributed by atoms with Crippen molar-refractivity contribution >= 4 is 17.3 Å². The first-order valence-electron chi connectivity index (χ1n) is 10.7. The molecule has 0 spiro atoms. The molecule has 0 fully saturated rings. The zero-order valence-corrected chi connectivity index (χ0v) is 18.8. The minimum Gasteiger partial charge on any atom is -0.395 e. The van der Waals surface area contributed by atoms with E-state index in [0.29, 0.717) is 47.8 Å². The number of hydrogen-bond acceptors (Lipinski definition) is 8. The van der Waals surface area contributed by atoms with E-state index in [2.05, 4.69) is 31.8 Å². The summed E-state index contributed by atoms with van der Waals surface area (Å²) >= 11 is 0. The number of aromatic nitrogens is 4. The minimum absolute atomic E-state index is 0.0647. The summed E-state index contributed by atoms with van der Waals surface area (Å²) in [6.07, 6.45) is 0.967. The van der Waals surface area contributed by atoms with Gasteiger partial charge in [0.15, 0.2) is 0 Å².